The maximum Gasteiger partial charge on any atom is 0.299 e. The highest BCUT2D eigenvalue weighted by Gasteiger charge is 2.20. The summed E-state index contributed by atoms with van der Waals surface area (Å²) < 4.78 is 26.8. The predicted octanol–water partition coefficient (Wildman–Crippen LogP) is 2.33. The second-order valence-electron chi connectivity index (χ2n) is 2.17. The Kier molecular flexibility index (Phi) is 3.18. The number of halogens is 2. The van der Waals surface area contributed by atoms with Crippen molar-refractivity contribution in [1.29, 1.82) is 0 Å². The molecular weight excluding hydrogens is 235 g/mol. The summed E-state index contributed by atoms with van der Waals surface area (Å²) in [6.45, 7) is 0. The van der Waals surface area contributed by atoms with Gasteiger partial charge in [0.25, 0.3) is 10.1 Å². The van der Waals surface area contributed by atoms with Gasteiger partial charge < -0.3 is 0 Å². The number of hydrogen-bond acceptors (Lipinski definition) is 3. The first-order chi connectivity index (χ1) is 5.99. The summed E-state index contributed by atoms with van der Waals surface area (Å²) in [7, 11) is -2.77. The summed E-state index contributed by atoms with van der Waals surface area (Å²) in [6, 6.07) is 4.41. The van der Waals surface area contributed by atoms with E-state index in [0.29, 0.717) is 0 Å². The van der Waals surface area contributed by atoms with E-state index in [4.69, 9.17) is 23.2 Å². The highest BCUT2D eigenvalue weighted by atomic mass is 35.5. The lowest BCUT2D eigenvalue weighted by Gasteiger charge is -2.04. The Morgan fingerprint density at radius 2 is 1.69 bits per heavy atom. The van der Waals surface area contributed by atoms with Crippen LogP contribution in [0.5, 0.6) is 0 Å². The van der Waals surface area contributed by atoms with E-state index in [1.807, 2.05) is 0 Å². The molecule has 1 aromatic rings. The largest absolute Gasteiger partial charge is 0.299 e. The van der Waals surface area contributed by atoms with E-state index in [2.05, 4.69) is 4.18 Å². The fourth-order valence-electron chi connectivity index (χ4n) is 0.805. The van der Waals surface area contributed by atoms with E-state index in [0.717, 1.165) is 7.11 Å². The second kappa shape index (κ2) is 3.84. The van der Waals surface area contributed by atoms with Crippen LogP contribution in [-0.2, 0) is 14.3 Å². The first kappa shape index (κ1) is 10.8. The monoisotopic (exact) mass is 240 g/mol. The Hall–Kier alpha value is -0.290. The smallest absolute Gasteiger partial charge is 0.270 e. The molecule has 0 radical (unpaired) electrons. The molecule has 0 atom stereocenters. The van der Waals surface area contributed by atoms with E-state index >= 15 is 0 Å². The number of rotatable bonds is 2. The maximum absolute atomic E-state index is 11.3. The van der Waals surface area contributed by atoms with Gasteiger partial charge in [-0.3, -0.25) is 4.18 Å². The fraction of sp³-hybridized carbons (Fsp3) is 0.143. The van der Waals surface area contributed by atoms with Crippen LogP contribution < -0.4 is 0 Å². The molecule has 0 aliphatic rings. The molecule has 0 bridgehead atoms. The summed E-state index contributed by atoms with van der Waals surface area (Å²) >= 11 is 11.3. The van der Waals surface area contributed by atoms with Crippen LogP contribution in [0.15, 0.2) is 23.1 Å². The van der Waals surface area contributed by atoms with Crippen LogP contribution >= 0.6 is 23.2 Å². The van der Waals surface area contributed by atoms with Gasteiger partial charge in [-0.2, -0.15) is 8.42 Å². The maximum atomic E-state index is 11.3. The van der Waals surface area contributed by atoms with Gasteiger partial charge in [0.05, 0.1) is 17.2 Å². The minimum atomic E-state index is -3.82. The molecule has 72 valence electrons. The number of hydrogen-bond donors (Lipinski definition) is 0. The standard InChI is InChI=1S/C7H6Cl2O3S/c1-12-13(10,11)7-5(8)3-2-4-6(7)9/h2-4H,1H3. The summed E-state index contributed by atoms with van der Waals surface area (Å²) in [6.07, 6.45) is 0. The number of benzene rings is 1. The molecule has 0 amide bonds. The van der Waals surface area contributed by atoms with Crippen molar-refractivity contribution in [3.63, 3.8) is 0 Å². The molecular formula is C7H6Cl2O3S. The van der Waals surface area contributed by atoms with E-state index < -0.39 is 10.1 Å². The first-order valence-corrected chi connectivity index (χ1v) is 5.40. The summed E-state index contributed by atoms with van der Waals surface area (Å²) in [5, 5.41) is 0.101. The molecule has 0 aliphatic heterocycles. The Morgan fingerprint density at radius 3 is 2.08 bits per heavy atom. The quantitative estimate of drug-likeness (QED) is 0.746. The SMILES string of the molecule is COS(=O)(=O)c1c(Cl)cccc1Cl. The van der Waals surface area contributed by atoms with Crippen LogP contribution in [0.2, 0.25) is 10.0 Å². The van der Waals surface area contributed by atoms with Gasteiger partial charge in [0.15, 0.2) is 0 Å². The van der Waals surface area contributed by atoms with Gasteiger partial charge in [-0.1, -0.05) is 29.3 Å². The van der Waals surface area contributed by atoms with Crippen LogP contribution in [0.4, 0.5) is 0 Å². The topological polar surface area (TPSA) is 43.4 Å². The van der Waals surface area contributed by atoms with Crippen molar-refractivity contribution in [2.24, 2.45) is 0 Å². The molecule has 0 saturated carbocycles. The van der Waals surface area contributed by atoms with Gasteiger partial charge in [-0.15, -0.1) is 0 Å². The summed E-state index contributed by atoms with van der Waals surface area (Å²) in [5.74, 6) is 0. The van der Waals surface area contributed by atoms with Crippen molar-refractivity contribution in [3.05, 3.63) is 28.2 Å². The zero-order chi connectivity index (χ0) is 10.1. The lowest BCUT2D eigenvalue weighted by atomic mass is 10.4. The molecule has 3 nitrogen and oxygen atoms in total. The Morgan fingerprint density at radius 1 is 1.23 bits per heavy atom. The average molecular weight is 241 g/mol. The molecule has 0 heterocycles. The van der Waals surface area contributed by atoms with Crippen molar-refractivity contribution in [3.8, 4) is 0 Å². The van der Waals surface area contributed by atoms with Crippen LogP contribution in [0.25, 0.3) is 0 Å². The van der Waals surface area contributed by atoms with Gasteiger partial charge >= 0.3 is 0 Å². The zero-order valence-electron chi connectivity index (χ0n) is 6.62. The van der Waals surface area contributed by atoms with Gasteiger partial charge in [-0.05, 0) is 12.1 Å². The van der Waals surface area contributed by atoms with E-state index in [1.54, 1.807) is 6.07 Å². The van der Waals surface area contributed by atoms with Crippen LogP contribution in [0.1, 0.15) is 0 Å². The molecule has 6 heteroatoms. The van der Waals surface area contributed by atoms with Gasteiger partial charge in [0, 0.05) is 0 Å². The van der Waals surface area contributed by atoms with Crippen molar-refractivity contribution < 1.29 is 12.6 Å². The second-order valence-corrected chi connectivity index (χ2v) is 4.64. The first-order valence-electron chi connectivity index (χ1n) is 3.23. The van der Waals surface area contributed by atoms with E-state index in [-0.39, 0.29) is 14.9 Å². The third-order valence-electron chi connectivity index (χ3n) is 1.39. The van der Waals surface area contributed by atoms with Crippen molar-refractivity contribution in [2.45, 2.75) is 4.90 Å². The molecule has 13 heavy (non-hydrogen) atoms. The molecule has 0 N–H and O–H groups in total. The molecule has 1 aromatic carbocycles. The minimum absolute atomic E-state index is 0.0503. The highest BCUT2D eigenvalue weighted by Crippen LogP contribution is 2.29. The molecule has 0 spiro atoms. The van der Waals surface area contributed by atoms with Crippen LogP contribution in [-0.4, -0.2) is 15.5 Å². The van der Waals surface area contributed by atoms with E-state index in [9.17, 15) is 8.42 Å². The van der Waals surface area contributed by atoms with Crippen LogP contribution in [0.3, 0.4) is 0 Å². The lowest BCUT2D eigenvalue weighted by Crippen LogP contribution is -2.04. The van der Waals surface area contributed by atoms with Crippen LogP contribution in [0, 0.1) is 0 Å². The minimum Gasteiger partial charge on any atom is -0.270 e. The molecule has 0 aromatic heterocycles. The summed E-state index contributed by atoms with van der Waals surface area (Å²) in [4.78, 5) is -0.194. The summed E-state index contributed by atoms with van der Waals surface area (Å²) in [5.41, 5.74) is 0. The molecule has 0 aliphatic carbocycles. The van der Waals surface area contributed by atoms with Gasteiger partial charge in [0.2, 0.25) is 0 Å². The van der Waals surface area contributed by atoms with Gasteiger partial charge in [-0.25, -0.2) is 0 Å². The molecule has 1 rings (SSSR count). The van der Waals surface area contributed by atoms with Crippen molar-refractivity contribution >= 4 is 33.3 Å². The Labute approximate surface area is 86.4 Å². The Bertz CT molecular complexity index is 393. The molecule has 0 fully saturated rings. The highest BCUT2D eigenvalue weighted by molar-refractivity contribution is 7.87. The fourth-order valence-corrected chi connectivity index (χ4v) is 2.55. The van der Waals surface area contributed by atoms with Crippen molar-refractivity contribution in [1.82, 2.24) is 0 Å². The lowest BCUT2D eigenvalue weighted by molar-refractivity contribution is 0.398. The zero-order valence-corrected chi connectivity index (χ0v) is 8.95. The third-order valence-corrected chi connectivity index (χ3v) is 3.62. The normalized spacial score (nSPS) is 11.6. The average Bonchev–Trinajstić information content (AvgIpc) is 2.03. The molecule has 0 saturated heterocycles. The molecule has 0 unspecified atom stereocenters. The third kappa shape index (κ3) is 2.14. The Balaban J connectivity index is 3.46. The van der Waals surface area contributed by atoms with Crippen molar-refractivity contribution in [2.75, 3.05) is 7.11 Å². The predicted molar refractivity (Wildman–Crippen MR) is 50.7 cm³/mol. The van der Waals surface area contributed by atoms with Gasteiger partial charge in [0.1, 0.15) is 4.90 Å². The van der Waals surface area contributed by atoms with E-state index in [1.165, 1.54) is 12.1 Å².